The molecule has 0 spiro atoms. The van der Waals surface area contributed by atoms with Crippen LogP contribution in [0, 0.1) is 13.8 Å². The van der Waals surface area contributed by atoms with Crippen LogP contribution < -0.4 is 4.74 Å². The van der Waals surface area contributed by atoms with Crippen molar-refractivity contribution in [2.75, 3.05) is 6.61 Å². The largest absolute Gasteiger partial charge is 0.489 e. The molecule has 142 valence electrons. The molecule has 0 saturated carbocycles. The van der Waals surface area contributed by atoms with Crippen LogP contribution in [-0.2, 0) is 16.0 Å². The summed E-state index contributed by atoms with van der Waals surface area (Å²) in [5, 5.41) is 0. The molecule has 0 bridgehead atoms. The maximum absolute atomic E-state index is 8.12. The third-order valence-electron chi connectivity index (χ3n) is 4.89. The number of hydrogen-bond donors (Lipinski definition) is 0. The van der Waals surface area contributed by atoms with Crippen LogP contribution in [0.4, 0.5) is 0 Å². The van der Waals surface area contributed by atoms with Gasteiger partial charge in [-0.05, 0) is 85.9 Å². The van der Waals surface area contributed by atoms with Gasteiger partial charge >= 0.3 is 6.15 Å². The topological polar surface area (TPSA) is 56.3 Å². The van der Waals surface area contributed by atoms with Gasteiger partial charge < -0.3 is 4.74 Å². The minimum Gasteiger partial charge on any atom is -0.489 e. The first-order valence-electron chi connectivity index (χ1n) is 9.44. The lowest BCUT2D eigenvalue weighted by molar-refractivity contribution is -0.191. The number of hydrogen-bond acceptors (Lipinski definition) is 4. The average molecular weight is 365 g/mol. The summed E-state index contributed by atoms with van der Waals surface area (Å²) in [5.74, 6) is 1.01. The lowest BCUT2D eigenvalue weighted by atomic mass is 9.88. The third-order valence-corrected chi connectivity index (χ3v) is 4.89. The van der Waals surface area contributed by atoms with Crippen molar-refractivity contribution in [1.29, 1.82) is 0 Å². The summed E-state index contributed by atoms with van der Waals surface area (Å²) in [6.45, 7) is 7.04. The summed E-state index contributed by atoms with van der Waals surface area (Å²) in [6.07, 6.45) is 8.12. The maximum Gasteiger partial charge on any atom is 0.373 e. The van der Waals surface area contributed by atoms with E-state index in [1.165, 1.54) is 40.7 Å². The fourth-order valence-electron chi connectivity index (χ4n) is 3.38. The zero-order valence-corrected chi connectivity index (χ0v) is 16.4. The molecule has 27 heavy (non-hydrogen) atoms. The molecule has 0 fully saturated rings. The molecule has 4 heteroatoms. The van der Waals surface area contributed by atoms with Gasteiger partial charge in [0.25, 0.3) is 0 Å². The van der Waals surface area contributed by atoms with Gasteiger partial charge in [0.2, 0.25) is 0 Å². The van der Waals surface area contributed by atoms with Crippen molar-refractivity contribution < 1.29 is 14.3 Å². The number of aryl methyl sites for hydroxylation is 3. The van der Waals surface area contributed by atoms with Crippen LogP contribution >= 0.6 is 0 Å². The van der Waals surface area contributed by atoms with Crippen LogP contribution in [-0.4, -0.2) is 17.7 Å². The Kier molecular flexibility index (Phi) is 7.97. The molecule has 1 aromatic carbocycles. The Bertz CT molecular complexity index is 816. The predicted molar refractivity (Wildman–Crippen MR) is 105 cm³/mol. The molecule has 1 heterocycles. The summed E-state index contributed by atoms with van der Waals surface area (Å²) < 4.78 is 6.17. The molecular formula is C23H27NO3. The van der Waals surface area contributed by atoms with Crippen molar-refractivity contribution in [2.24, 2.45) is 0 Å². The summed E-state index contributed by atoms with van der Waals surface area (Å²) >= 11 is 0. The summed E-state index contributed by atoms with van der Waals surface area (Å²) in [6, 6.07) is 10.8. The highest BCUT2D eigenvalue weighted by Gasteiger charge is 2.15. The lowest BCUT2D eigenvalue weighted by Gasteiger charge is -2.21. The van der Waals surface area contributed by atoms with Crippen LogP contribution in [0.25, 0.3) is 5.57 Å². The number of carbonyl (C=O) groups excluding carboxylic acids is 2. The first-order valence-corrected chi connectivity index (χ1v) is 9.44. The van der Waals surface area contributed by atoms with E-state index in [2.05, 4.69) is 49.2 Å². The fraction of sp³-hybridized carbons (Fsp3) is 0.391. The number of ether oxygens (including phenoxy) is 1. The zero-order valence-electron chi connectivity index (χ0n) is 16.4. The van der Waals surface area contributed by atoms with E-state index in [0.29, 0.717) is 6.61 Å². The number of allylic oxidation sites excluding steroid dienone is 1. The summed E-state index contributed by atoms with van der Waals surface area (Å²) in [7, 11) is 0. The van der Waals surface area contributed by atoms with Crippen molar-refractivity contribution in [3.8, 4) is 5.75 Å². The molecule has 4 nitrogen and oxygen atoms in total. The minimum absolute atomic E-state index is 0.250. The Balaban J connectivity index is 0.000000817. The van der Waals surface area contributed by atoms with Gasteiger partial charge in [0.05, 0.1) is 0 Å². The Hall–Kier alpha value is -2.71. The normalized spacial score (nSPS) is 13.4. The van der Waals surface area contributed by atoms with E-state index in [-0.39, 0.29) is 6.15 Å². The van der Waals surface area contributed by atoms with Crippen molar-refractivity contribution in [1.82, 2.24) is 4.98 Å². The first kappa shape index (κ1) is 20.6. The second-order valence-electron chi connectivity index (χ2n) is 6.80. The molecule has 0 aliphatic heterocycles. The van der Waals surface area contributed by atoms with Crippen molar-refractivity contribution in [2.45, 2.75) is 52.9 Å². The number of rotatable bonds is 5. The van der Waals surface area contributed by atoms with Gasteiger partial charge in [0, 0.05) is 11.9 Å². The predicted octanol–water partition coefficient (Wildman–Crippen LogP) is 5.08. The van der Waals surface area contributed by atoms with Gasteiger partial charge in [-0.2, -0.15) is 9.59 Å². The highest BCUT2D eigenvalue weighted by atomic mass is 16.5. The molecule has 1 aliphatic carbocycles. The Morgan fingerprint density at radius 3 is 2.44 bits per heavy atom. The van der Waals surface area contributed by atoms with Crippen LogP contribution in [0.5, 0.6) is 5.75 Å². The maximum atomic E-state index is 8.12. The first-order chi connectivity index (χ1) is 13.1. The standard InChI is InChI=1S/C22H27NO.CO2/c1-4-18-10-12-22(16(2)13-18)24-15-20-7-5-6-8-21(20)19-11-9-17(3)23-14-19;2-1-3/h9-14H,4-8,15H2,1-3H3;. The van der Waals surface area contributed by atoms with E-state index in [1.807, 2.05) is 13.1 Å². The van der Waals surface area contributed by atoms with E-state index >= 15 is 0 Å². The molecule has 0 radical (unpaired) electrons. The number of benzene rings is 1. The highest BCUT2D eigenvalue weighted by Crippen LogP contribution is 2.33. The molecule has 1 aliphatic rings. The molecule has 0 amide bonds. The van der Waals surface area contributed by atoms with Crippen LogP contribution in [0.2, 0.25) is 0 Å². The molecule has 1 aromatic heterocycles. The Morgan fingerprint density at radius 2 is 1.81 bits per heavy atom. The molecule has 3 rings (SSSR count). The van der Waals surface area contributed by atoms with Gasteiger partial charge in [-0.1, -0.05) is 25.1 Å². The van der Waals surface area contributed by atoms with Gasteiger partial charge in [-0.3, -0.25) is 4.98 Å². The van der Waals surface area contributed by atoms with Crippen LogP contribution in [0.3, 0.4) is 0 Å². The minimum atomic E-state index is 0.250. The average Bonchev–Trinajstić information content (AvgIpc) is 2.68. The monoisotopic (exact) mass is 365 g/mol. The summed E-state index contributed by atoms with van der Waals surface area (Å²) in [5.41, 5.74) is 7.80. The number of nitrogens with zero attached hydrogens (tertiary/aromatic N) is 1. The highest BCUT2D eigenvalue weighted by molar-refractivity contribution is 5.69. The van der Waals surface area contributed by atoms with E-state index in [0.717, 1.165) is 30.7 Å². The van der Waals surface area contributed by atoms with Gasteiger partial charge in [-0.25, -0.2) is 0 Å². The lowest BCUT2D eigenvalue weighted by Crippen LogP contribution is -2.09. The smallest absolute Gasteiger partial charge is 0.373 e. The van der Waals surface area contributed by atoms with Gasteiger partial charge in [0.15, 0.2) is 0 Å². The Morgan fingerprint density at radius 1 is 1.07 bits per heavy atom. The van der Waals surface area contributed by atoms with Crippen LogP contribution in [0.15, 0.2) is 42.1 Å². The molecule has 0 saturated heterocycles. The quantitative estimate of drug-likeness (QED) is 0.741. The zero-order chi connectivity index (χ0) is 19.6. The van der Waals surface area contributed by atoms with Crippen LogP contribution in [0.1, 0.15) is 55.0 Å². The van der Waals surface area contributed by atoms with Crippen molar-refractivity contribution >= 4 is 11.7 Å². The van der Waals surface area contributed by atoms with Crippen molar-refractivity contribution in [3.63, 3.8) is 0 Å². The molecule has 0 unspecified atom stereocenters. The van der Waals surface area contributed by atoms with E-state index in [4.69, 9.17) is 14.3 Å². The third kappa shape index (κ3) is 5.90. The van der Waals surface area contributed by atoms with E-state index in [9.17, 15) is 0 Å². The van der Waals surface area contributed by atoms with Gasteiger partial charge in [0.1, 0.15) is 12.4 Å². The molecule has 0 atom stereocenters. The van der Waals surface area contributed by atoms with Gasteiger partial charge in [-0.15, -0.1) is 0 Å². The second-order valence-corrected chi connectivity index (χ2v) is 6.80. The molecule has 0 N–H and O–H groups in total. The Labute approximate surface area is 161 Å². The fourth-order valence-corrected chi connectivity index (χ4v) is 3.38. The molecular weight excluding hydrogens is 338 g/mol. The SMILES string of the molecule is CCc1ccc(OCC2=C(c3ccc(C)nc3)CCCC2)c(C)c1.O=C=O. The molecule has 2 aromatic rings. The van der Waals surface area contributed by atoms with Crippen molar-refractivity contribution in [3.05, 3.63) is 64.5 Å². The second kappa shape index (κ2) is 10.4. The summed E-state index contributed by atoms with van der Waals surface area (Å²) in [4.78, 5) is 20.7. The number of aromatic nitrogens is 1. The number of pyridine rings is 1. The van der Waals surface area contributed by atoms with E-state index < -0.39 is 0 Å². The van der Waals surface area contributed by atoms with E-state index in [1.54, 1.807) is 0 Å².